The van der Waals surface area contributed by atoms with Crippen LogP contribution in [0.3, 0.4) is 0 Å². The van der Waals surface area contributed by atoms with Crippen LogP contribution in [-0.2, 0) is 4.79 Å². The van der Waals surface area contributed by atoms with Gasteiger partial charge < -0.3 is 11.1 Å². The fourth-order valence-electron chi connectivity index (χ4n) is 2.28. The van der Waals surface area contributed by atoms with Crippen LogP contribution < -0.4 is 11.1 Å². The highest BCUT2D eigenvalue weighted by Crippen LogP contribution is 2.33. The third kappa shape index (κ3) is 2.98. The van der Waals surface area contributed by atoms with E-state index in [1.807, 2.05) is 0 Å². The topological polar surface area (TPSA) is 55.1 Å². The minimum absolute atomic E-state index is 0.0389. The molecule has 0 aromatic heterocycles. The molecule has 3 N–H and O–H groups in total. The van der Waals surface area contributed by atoms with Crippen LogP contribution in [0.5, 0.6) is 0 Å². The molecule has 0 aliphatic heterocycles. The smallest absolute Gasteiger partial charge is 0.216 e. The summed E-state index contributed by atoms with van der Waals surface area (Å²) in [5, 5.41) is 2.82. The van der Waals surface area contributed by atoms with Crippen molar-refractivity contribution < 1.29 is 4.79 Å². The van der Waals surface area contributed by atoms with Crippen LogP contribution in [0.2, 0.25) is 0 Å². The Balaban J connectivity index is 2.35. The summed E-state index contributed by atoms with van der Waals surface area (Å²) in [5.41, 5.74) is 6.30. The van der Waals surface area contributed by atoms with Gasteiger partial charge in [-0.1, -0.05) is 19.8 Å². The lowest BCUT2D eigenvalue weighted by Gasteiger charge is -2.39. The summed E-state index contributed by atoms with van der Waals surface area (Å²) in [5.74, 6) is 0.627. The maximum absolute atomic E-state index is 10.7. The Morgan fingerprint density at radius 2 is 2.29 bits per heavy atom. The van der Waals surface area contributed by atoms with E-state index in [9.17, 15) is 4.79 Å². The molecule has 0 bridgehead atoms. The largest absolute Gasteiger partial charge is 0.356 e. The fourth-order valence-corrected chi connectivity index (χ4v) is 2.28. The average molecular weight is 198 g/mol. The van der Waals surface area contributed by atoms with Gasteiger partial charge in [-0.25, -0.2) is 0 Å². The number of hydrogen-bond donors (Lipinski definition) is 2. The first-order valence-corrected chi connectivity index (χ1v) is 5.58. The molecule has 0 saturated heterocycles. The molecule has 3 nitrogen and oxygen atoms in total. The zero-order chi connectivity index (χ0) is 10.6. The highest BCUT2D eigenvalue weighted by atomic mass is 16.1. The van der Waals surface area contributed by atoms with E-state index in [-0.39, 0.29) is 11.4 Å². The molecule has 14 heavy (non-hydrogen) atoms. The second-order valence-corrected chi connectivity index (χ2v) is 4.61. The van der Waals surface area contributed by atoms with E-state index >= 15 is 0 Å². The molecule has 1 rings (SSSR count). The highest BCUT2D eigenvalue weighted by molar-refractivity contribution is 5.72. The Hall–Kier alpha value is -0.570. The molecule has 1 saturated carbocycles. The van der Waals surface area contributed by atoms with Crippen LogP contribution in [0.25, 0.3) is 0 Å². The normalized spacial score (nSPS) is 32.6. The number of nitrogens with two attached hydrogens (primary N) is 1. The Kier molecular flexibility index (Phi) is 3.93. The fraction of sp³-hybridized carbons (Fsp3) is 0.909. The molecule has 0 radical (unpaired) electrons. The predicted octanol–water partition coefficient (Wildman–Crippen LogP) is 1.42. The van der Waals surface area contributed by atoms with Gasteiger partial charge in [-0.3, -0.25) is 4.79 Å². The molecule has 1 fully saturated rings. The van der Waals surface area contributed by atoms with Gasteiger partial charge in [-0.15, -0.1) is 0 Å². The molecular formula is C11H22N2O. The van der Waals surface area contributed by atoms with Gasteiger partial charge in [0.2, 0.25) is 5.91 Å². The Morgan fingerprint density at radius 3 is 2.86 bits per heavy atom. The first-order chi connectivity index (χ1) is 6.54. The average Bonchev–Trinajstić information content (AvgIpc) is 2.10. The molecule has 3 heteroatoms. The number of hydrogen-bond acceptors (Lipinski definition) is 2. The van der Waals surface area contributed by atoms with Crippen molar-refractivity contribution in [2.24, 2.45) is 11.7 Å². The zero-order valence-corrected chi connectivity index (χ0v) is 9.31. The third-order valence-corrected chi connectivity index (χ3v) is 3.48. The number of carbonyl (C=O) groups is 1. The molecule has 0 aromatic rings. The lowest BCUT2D eigenvalue weighted by Crippen LogP contribution is -2.50. The third-order valence-electron chi connectivity index (χ3n) is 3.48. The maximum atomic E-state index is 10.7. The number of rotatable bonds is 3. The lowest BCUT2D eigenvalue weighted by atomic mass is 9.72. The summed E-state index contributed by atoms with van der Waals surface area (Å²) >= 11 is 0. The van der Waals surface area contributed by atoms with Crippen molar-refractivity contribution in [1.82, 2.24) is 5.32 Å². The van der Waals surface area contributed by atoms with Crippen LogP contribution >= 0.6 is 0 Å². The van der Waals surface area contributed by atoms with Crippen molar-refractivity contribution in [3.8, 4) is 0 Å². The van der Waals surface area contributed by atoms with Gasteiger partial charge in [0, 0.05) is 19.0 Å². The van der Waals surface area contributed by atoms with Gasteiger partial charge in [-0.05, 0) is 25.2 Å². The lowest BCUT2D eigenvalue weighted by molar-refractivity contribution is -0.119. The summed E-state index contributed by atoms with van der Waals surface area (Å²) in [6.45, 7) is 4.50. The van der Waals surface area contributed by atoms with Crippen LogP contribution in [0.4, 0.5) is 0 Å². The van der Waals surface area contributed by atoms with Crippen molar-refractivity contribution >= 4 is 5.91 Å². The van der Waals surface area contributed by atoms with Crippen molar-refractivity contribution in [1.29, 1.82) is 0 Å². The highest BCUT2D eigenvalue weighted by Gasteiger charge is 2.33. The Morgan fingerprint density at radius 1 is 1.57 bits per heavy atom. The summed E-state index contributed by atoms with van der Waals surface area (Å²) in [4.78, 5) is 10.7. The molecule has 0 heterocycles. The zero-order valence-electron chi connectivity index (χ0n) is 9.31. The van der Waals surface area contributed by atoms with E-state index in [1.54, 1.807) is 6.92 Å². The Labute approximate surface area is 86.4 Å². The molecule has 1 aliphatic rings. The van der Waals surface area contributed by atoms with Gasteiger partial charge in [-0.2, -0.15) is 0 Å². The van der Waals surface area contributed by atoms with E-state index in [0.29, 0.717) is 5.92 Å². The molecule has 82 valence electrons. The summed E-state index contributed by atoms with van der Waals surface area (Å²) < 4.78 is 0. The van der Waals surface area contributed by atoms with Crippen LogP contribution in [0.1, 0.15) is 46.0 Å². The minimum atomic E-state index is -0.0410. The van der Waals surface area contributed by atoms with Crippen molar-refractivity contribution in [2.45, 2.75) is 51.5 Å². The standard InChI is InChI=1S/C11H22N2O/c1-9-5-3-4-6-11(9,12)7-8-13-10(2)14/h9H,3-8,12H2,1-2H3,(H,13,14). The van der Waals surface area contributed by atoms with Crippen LogP contribution in [0, 0.1) is 5.92 Å². The van der Waals surface area contributed by atoms with E-state index in [4.69, 9.17) is 5.73 Å². The summed E-state index contributed by atoms with van der Waals surface area (Å²) in [7, 11) is 0. The monoisotopic (exact) mass is 198 g/mol. The van der Waals surface area contributed by atoms with Gasteiger partial charge in [0.05, 0.1) is 0 Å². The first kappa shape index (κ1) is 11.5. The molecular weight excluding hydrogens is 176 g/mol. The number of nitrogens with one attached hydrogen (secondary N) is 1. The van der Waals surface area contributed by atoms with E-state index in [1.165, 1.54) is 19.3 Å². The van der Waals surface area contributed by atoms with Crippen molar-refractivity contribution in [3.63, 3.8) is 0 Å². The molecule has 0 spiro atoms. The maximum Gasteiger partial charge on any atom is 0.216 e. The van der Waals surface area contributed by atoms with Crippen LogP contribution in [-0.4, -0.2) is 18.0 Å². The molecule has 0 aromatic carbocycles. The quantitative estimate of drug-likeness (QED) is 0.720. The second kappa shape index (κ2) is 4.78. The van der Waals surface area contributed by atoms with Gasteiger partial charge in [0.25, 0.3) is 0 Å². The number of amides is 1. The summed E-state index contributed by atoms with van der Waals surface area (Å²) in [6.07, 6.45) is 5.79. The van der Waals surface area contributed by atoms with E-state index in [0.717, 1.165) is 19.4 Å². The molecule has 2 atom stereocenters. The number of carbonyl (C=O) groups excluding carboxylic acids is 1. The molecule has 2 unspecified atom stereocenters. The first-order valence-electron chi connectivity index (χ1n) is 5.58. The van der Waals surface area contributed by atoms with E-state index < -0.39 is 0 Å². The van der Waals surface area contributed by atoms with Crippen LogP contribution in [0.15, 0.2) is 0 Å². The minimum Gasteiger partial charge on any atom is -0.356 e. The second-order valence-electron chi connectivity index (χ2n) is 4.61. The van der Waals surface area contributed by atoms with E-state index in [2.05, 4.69) is 12.2 Å². The van der Waals surface area contributed by atoms with Gasteiger partial charge in [0.15, 0.2) is 0 Å². The van der Waals surface area contributed by atoms with Gasteiger partial charge >= 0.3 is 0 Å². The SMILES string of the molecule is CC(=O)NCCC1(N)CCCCC1C. The predicted molar refractivity (Wildman–Crippen MR) is 57.9 cm³/mol. The summed E-state index contributed by atoms with van der Waals surface area (Å²) in [6, 6.07) is 0. The molecule has 1 amide bonds. The molecule has 1 aliphatic carbocycles. The van der Waals surface area contributed by atoms with Gasteiger partial charge in [0.1, 0.15) is 0 Å². The Bertz CT molecular complexity index is 205. The van der Waals surface area contributed by atoms with Crippen molar-refractivity contribution in [2.75, 3.05) is 6.54 Å². The van der Waals surface area contributed by atoms with Crippen molar-refractivity contribution in [3.05, 3.63) is 0 Å².